The fourth-order valence-electron chi connectivity index (χ4n) is 3.36. The van der Waals surface area contributed by atoms with E-state index in [4.69, 9.17) is 13.1 Å². The Balaban J connectivity index is 1.81. The Hall–Kier alpha value is -3.37. The smallest absolute Gasteiger partial charge is 0.339 e. The van der Waals surface area contributed by atoms with Crippen LogP contribution in [0.15, 0.2) is 82.6 Å². The topological polar surface area (TPSA) is 113 Å². The molecule has 0 amide bonds. The van der Waals surface area contributed by atoms with Crippen molar-refractivity contribution in [2.45, 2.75) is 35.7 Å². The van der Waals surface area contributed by atoms with Crippen molar-refractivity contribution in [2.24, 2.45) is 0 Å². The number of rotatable bonds is 6. The first-order chi connectivity index (χ1) is 15.5. The molecule has 3 aromatic rings. The number of hydrogen-bond acceptors (Lipinski definition) is 8. The van der Waals surface area contributed by atoms with E-state index in [0.717, 1.165) is 6.07 Å². The van der Waals surface area contributed by atoms with Crippen LogP contribution in [0, 0.1) is 0 Å². The lowest BCUT2D eigenvalue weighted by atomic mass is 9.92. The first-order valence-corrected chi connectivity index (χ1v) is 12.7. The van der Waals surface area contributed by atoms with Crippen LogP contribution >= 0.6 is 0 Å². The lowest BCUT2D eigenvalue weighted by Crippen LogP contribution is -2.36. The number of carbonyl (C=O) groups is 1. The average Bonchev–Trinajstić information content (AvgIpc) is 2.73. The van der Waals surface area contributed by atoms with Crippen LogP contribution in [0.25, 0.3) is 0 Å². The maximum absolute atomic E-state index is 12.8. The summed E-state index contributed by atoms with van der Waals surface area (Å²) < 4.78 is 67.3. The second kappa shape index (κ2) is 8.20. The molecule has 0 saturated carbocycles. The van der Waals surface area contributed by atoms with Gasteiger partial charge in [0.1, 0.15) is 32.5 Å². The van der Waals surface area contributed by atoms with Gasteiger partial charge in [-0.15, -0.1) is 0 Å². The molecule has 0 radical (unpaired) electrons. The Labute approximate surface area is 192 Å². The zero-order valence-corrected chi connectivity index (χ0v) is 19.4. The number of hydrogen-bond donors (Lipinski definition) is 0. The minimum absolute atomic E-state index is 0.0235. The Bertz CT molecular complexity index is 1410. The molecule has 1 heterocycles. The Morgan fingerprint density at radius 1 is 0.788 bits per heavy atom. The van der Waals surface area contributed by atoms with E-state index in [9.17, 15) is 21.6 Å². The summed E-state index contributed by atoms with van der Waals surface area (Å²) >= 11 is 0. The monoisotopic (exact) mass is 488 g/mol. The molecule has 0 fully saturated rings. The van der Waals surface area contributed by atoms with Crippen molar-refractivity contribution in [2.75, 3.05) is 0 Å². The summed E-state index contributed by atoms with van der Waals surface area (Å²) in [5.41, 5.74) is -0.991. The van der Waals surface area contributed by atoms with Gasteiger partial charge < -0.3 is 13.1 Å². The summed E-state index contributed by atoms with van der Waals surface area (Å²) in [5, 5.41) is 0. The minimum atomic E-state index is -4.32. The second-order valence-electron chi connectivity index (χ2n) is 7.96. The molecule has 33 heavy (non-hydrogen) atoms. The number of fused-ring (bicyclic) bond motifs is 1. The number of benzene rings is 3. The summed E-state index contributed by atoms with van der Waals surface area (Å²) in [7, 11) is -8.56. The van der Waals surface area contributed by atoms with Crippen LogP contribution < -0.4 is 13.1 Å². The van der Waals surface area contributed by atoms with Crippen molar-refractivity contribution in [3.8, 4) is 17.2 Å². The van der Waals surface area contributed by atoms with Gasteiger partial charge in [0.25, 0.3) is 0 Å². The van der Waals surface area contributed by atoms with Crippen molar-refractivity contribution in [1.29, 1.82) is 0 Å². The molecule has 172 valence electrons. The molecule has 0 unspecified atom stereocenters. The summed E-state index contributed by atoms with van der Waals surface area (Å²) in [6.07, 6.45) is -0.0235. The molecular weight excluding hydrogens is 468 g/mol. The second-order valence-corrected chi connectivity index (χ2v) is 11.0. The average molecular weight is 489 g/mol. The fourth-order valence-corrected chi connectivity index (χ4v) is 5.25. The number of ketones is 1. The standard InChI is InChI=1S/C23H20O8S2/c1-23(2)15-19(24)22-20(29-23)13-16(30-32(25,26)17-9-5-3-6-10-17)14-21(22)31-33(27,28)18-11-7-4-8-12-18/h3-14H,15H2,1-2H3. The highest BCUT2D eigenvalue weighted by Crippen LogP contribution is 2.43. The molecule has 10 heteroatoms. The van der Waals surface area contributed by atoms with Crippen LogP contribution in [0.3, 0.4) is 0 Å². The van der Waals surface area contributed by atoms with Crippen LogP contribution in [-0.4, -0.2) is 28.2 Å². The number of carbonyl (C=O) groups excluding carboxylic acids is 1. The molecule has 8 nitrogen and oxygen atoms in total. The van der Waals surface area contributed by atoms with E-state index < -0.39 is 31.6 Å². The lowest BCUT2D eigenvalue weighted by molar-refractivity contribution is 0.0616. The van der Waals surface area contributed by atoms with Gasteiger partial charge in [0.2, 0.25) is 0 Å². The van der Waals surface area contributed by atoms with Crippen molar-refractivity contribution < 1.29 is 34.7 Å². The van der Waals surface area contributed by atoms with E-state index in [1.54, 1.807) is 26.0 Å². The molecule has 0 aromatic heterocycles. The highest BCUT2D eigenvalue weighted by Gasteiger charge is 2.37. The molecule has 0 spiro atoms. The highest BCUT2D eigenvalue weighted by atomic mass is 32.2. The van der Waals surface area contributed by atoms with E-state index in [-0.39, 0.29) is 39.0 Å². The Morgan fingerprint density at radius 2 is 1.30 bits per heavy atom. The third-order valence-corrected chi connectivity index (χ3v) is 7.27. The Morgan fingerprint density at radius 3 is 1.85 bits per heavy atom. The van der Waals surface area contributed by atoms with Crippen molar-refractivity contribution in [3.05, 3.63) is 78.4 Å². The molecule has 0 N–H and O–H groups in total. The third-order valence-electron chi connectivity index (χ3n) is 4.76. The van der Waals surface area contributed by atoms with E-state index in [1.165, 1.54) is 54.6 Å². The molecular formula is C23H20O8S2. The summed E-state index contributed by atoms with van der Waals surface area (Å²) in [6.45, 7) is 3.37. The van der Waals surface area contributed by atoms with Crippen LogP contribution in [0.4, 0.5) is 0 Å². The van der Waals surface area contributed by atoms with Crippen LogP contribution in [0.1, 0.15) is 30.6 Å². The summed E-state index contributed by atoms with van der Waals surface area (Å²) in [6, 6.07) is 17.1. The van der Waals surface area contributed by atoms with Crippen LogP contribution in [0.5, 0.6) is 17.2 Å². The predicted octanol–water partition coefficient (Wildman–Crippen LogP) is 3.97. The van der Waals surface area contributed by atoms with Gasteiger partial charge in [0.15, 0.2) is 11.5 Å². The highest BCUT2D eigenvalue weighted by molar-refractivity contribution is 7.87. The van der Waals surface area contributed by atoms with Crippen LogP contribution in [-0.2, 0) is 20.2 Å². The van der Waals surface area contributed by atoms with Crippen LogP contribution in [0.2, 0.25) is 0 Å². The van der Waals surface area contributed by atoms with Gasteiger partial charge in [-0.1, -0.05) is 36.4 Å². The van der Waals surface area contributed by atoms with Gasteiger partial charge in [-0.2, -0.15) is 16.8 Å². The van der Waals surface area contributed by atoms with E-state index >= 15 is 0 Å². The lowest BCUT2D eigenvalue weighted by Gasteiger charge is -2.32. The summed E-state index contributed by atoms with van der Waals surface area (Å²) in [5.74, 6) is -1.08. The molecule has 1 aliphatic rings. The number of Topliss-reactive ketones (excluding diaryl/α,β-unsaturated/α-hetero) is 1. The summed E-state index contributed by atoms with van der Waals surface area (Å²) in [4.78, 5) is 12.6. The zero-order valence-electron chi connectivity index (χ0n) is 17.7. The van der Waals surface area contributed by atoms with Crippen molar-refractivity contribution in [1.82, 2.24) is 0 Å². The first-order valence-electron chi connectivity index (χ1n) is 9.86. The van der Waals surface area contributed by atoms with Gasteiger partial charge in [-0.05, 0) is 38.1 Å². The van der Waals surface area contributed by atoms with E-state index in [0.29, 0.717) is 0 Å². The fraction of sp³-hybridized carbons (Fsp3) is 0.174. The third kappa shape index (κ3) is 4.86. The van der Waals surface area contributed by atoms with Gasteiger partial charge in [0.05, 0.1) is 6.42 Å². The zero-order chi connectivity index (χ0) is 23.9. The molecule has 0 atom stereocenters. The van der Waals surface area contributed by atoms with Gasteiger partial charge in [-0.3, -0.25) is 4.79 Å². The normalized spacial score (nSPS) is 15.3. The van der Waals surface area contributed by atoms with Crippen molar-refractivity contribution >= 4 is 26.0 Å². The first kappa shape index (κ1) is 22.8. The quantitative estimate of drug-likeness (QED) is 0.479. The maximum Gasteiger partial charge on any atom is 0.339 e. The molecule has 1 aliphatic heterocycles. The maximum atomic E-state index is 12.8. The molecule has 0 bridgehead atoms. The van der Waals surface area contributed by atoms with E-state index in [2.05, 4.69) is 0 Å². The molecule has 0 aliphatic carbocycles. The van der Waals surface area contributed by atoms with Gasteiger partial charge >= 0.3 is 20.2 Å². The molecule has 3 aromatic carbocycles. The van der Waals surface area contributed by atoms with E-state index in [1.807, 2.05) is 0 Å². The Kier molecular flexibility index (Phi) is 5.67. The minimum Gasteiger partial charge on any atom is -0.486 e. The molecule has 4 rings (SSSR count). The predicted molar refractivity (Wildman–Crippen MR) is 119 cm³/mol. The number of ether oxygens (including phenoxy) is 1. The largest absolute Gasteiger partial charge is 0.486 e. The van der Waals surface area contributed by atoms with Crippen molar-refractivity contribution in [3.63, 3.8) is 0 Å². The molecule has 0 saturated heterocycles. The van der Waals surface area contributed by atoms with Gasteiger partial charge in [-0.25, -0.2) is 0 Å². The van der Waals surface area contributed by atoms with Gasteiger partial charge in [0, 0.05) is 12.1 Å². The SMILES string of the molecule is CC1(C)CC(=O)c2c(cc(OS(=O)(=O)c3ccccc3)cc2OS(=O)(=O)c2ccccc2)O1.